The van der Waals surface area contributed by atoms with Gasteiger partial charge in [0.1, 0.15) is 6.17 Å². The number of nitrogens with two attached hydrogens (primary N) is 1. The number of rotatable bonds is 0. The Morgan fingerprint density at radius 3 is 3.11 bits per heavy atom. The molecular weight excluding hydrogens is 112 g/mol. The van der Waals surface area contributed by atoms with E-state index in [2.05, 4.69) is 5.32 Å². The molecule has 2 rings (SSSR count). The Balaban J connectivity index is 2.07. The van der Waals surface area contributed by atoms with E-state index in [1.54, 1.807) is 0 Å². The first-order valence-corrected chi connectivity index (χ1v) is 3.74. The first-order chi connectivity index (χ1) is 4.38. The van der Waals surface area contributed by atoms with Gasteiger partial charge in [-0.2, -0.15) is 0 Å². The summed E-state index contributed by atoms with van der Waals surface area (Å²) in [4.78, 5) is 0. The van der Waals surface area contributed by atoms with Crippen LogP contribution in [-0.4, -0.2) is 6.54 Å². The van der Waals surface area contributed by atoms with Gasteiger partial charge in [-0.1, -0.05) is 6.42 Å². The maximum Gasteiger partial charge on any atom is 0.102 e. The second-order valence-electron chi connectivity index (χ2n) is 3.13. The van der Waals surface area contributed by atoms with E-state index >= 15 is 0 Å². The first-order valence-electron chi connectivity index (χ1n) is 3.74. The van der Waals surface area contributed by atoms with Gasteiger partial charge in [0.05, 0.1) is 0 Å². The van der Waals surface area contributed by atoms with Crippen molar-refractivity contribution >= 4 is 0 Å². The van der Waals surface area contributed by atoms with Crippen molar-refractivity contribution in [2.24, 2.45) is 17.6 Å². The SMILES string of the molecule is N[C]1NCC2CCCC12. The molecule has 2 aliphatic rings. The predicted octanol–water partition coefficient (Wildman–Crippen LogP) is 0.454. The fourth-order valence-corrected chi connectivity index (χ4v) is 2.07. The molecule has 1 aliphatic heterocycles. The van der Waals surface area contributed by atoms with Crippen LogP contribution in [0.15, 0.2) is 0 Å². The summed E-state index contributed by atoms with van der Waals surface area (Å²) in [6.45, 7) is 1.14. The lowest BCUT2D eigenvalue weighted by Crippen LogP contribution is -2.25. The molecule has 1 heterocycles. The molecular formula is C7H13N2. The summed E-state index contributed by atoms with van der Waals surface area (Å²) in [5, 5.41) is 3.22. The van der Waals surface area contributed by atoms with Crippen LogP contribution in [0.25, 0.3) is 0 Å². The minimum Gasteiger partial charge on any atom is -0.310 e. The topological polar surface area (TPSA) is 38.0 Å². The molecule has 2 heteroatoms. The van der Waals surface area contributed by atoms with Crippen LogP contribution < -0.4 is 11.1 Å². The number of hydrogen-bond acceptors (Lipinski definition) is 2. The van der Waals surface area contributed by atoms with Gasteiger partial charge in [0.25, 0.3) is 0 Å². The Labute approximate surface area is 55.8 Å². The summed E-state index contributed by atoms with van der Waals surface area (Å²) in [5.74, 6) is 1.61. The molecule has 2 unspecified atom stereocenters. The fraction of sp³-hybridized carbons (Fsp3) is 0.857. The van der Waals surface area contributed by atoms with Crippen molar-refractivity contribution in [3.05, 3.63) is 6.17 Å². The van der Waals surface area contributed by atoms with E-state index in [9.17, 15) is 0 Å². The van der Waals surface area contributed by atoms with E-state index in [1.807, 2.05) is 0 Å². The Morgan fingerprint density at radius 1 is 1.44 bits per heavy atom. The van der Waals surface area contributed by atoms with Gasteiger partial charge in [0, 0.05) is 6.54 Å². The number of hydrogen-bond donors (Lipinski definition) is 2. The maximum atomic E-state index is 5.73. The Morgan fingerprint density at radius 2 is 2.33 bits per heavy atom. The highest BCUT2D eigenvalue weighted by molar-refractivity contribution is 5.02. The highest BCUT2D eigenvalue weighted by Gasteiger charge is 2.37. The van der Waals surface area contributed by atoms with Crippen LogP contribution in [0, 0.1) is 18.0 Å². The minimum atomic E-state index is 0.727. The summed E-state index contributed by atoms with van der Waals surface area (Å²) < 4.78 is 0. The molecule has 0 bridgehead atoms. The van der Waals surface area contributed by atoms with Gasteiger partial charge in [-0.3, -0.25) is 5.32 Å². The molecule has 0 spiro atoms. The van der Waals surface area contributed by atoms with Crippen molar-refractivity contribution in [2.75, 3.05) is 6.54 Å². The van der Waals surface area contributed by atoms with Gasteiger partial charge in [-0.25, -0.2) is 0 Å². The van der Waals surface area contributed by atoms with E-state index in [0.717, 1.165) is 24.5 Å². The zero-order valence-corrected chi connectivity index (χ0v) is 5.56. The molecule has 2 atom stereocenters. The highest BCUT2D eigenvalue weighted by Crippen LogP contribution is 2.38. The molecule has 2 nitrogen and oxygen atoms in total. The van der Waals surface area contributed by atoms with Crippen LogP contribution in [0.1, 0.15) is 19.3 Å². The van der Waals surface area contributed by atoms with Crippen LogP contribution >= 0.6 is 0 Å². The predicted molar refractivity (Wildman–Crippen MR) is 36.3 cm³/mol. The zero-order chi connectivity index (χ0) is 6.27. The molecule has 0 aromatic rings. The normalized spacial score (nSPS) is 43.7. The summed E-state index contributed by atoms with van der Waals surface area (Å²) >= 11 is 0. The lowest BCUT2D eigenvalue weighted by Gasteiger charge is -2.09. The molecule has 0 aromatic heterocycles. The van der Waals surface area contributed by atoms with Crippen molar-refractivity contribution < 1.29 is 0 Å². The monoisotopic (exact) mass is 125 g/mol. The third-order valence-corrected chi connectivity index (χ3v) is 2.63. The van der Waals surface area contributed by atoms with E-state index in [1.165, 1.54) is 19.3 Å². The fourth-order valence-electron chi connectivity index (χ4n) is 2.07. The quantitative estimate of drug-likeness (QED) is 0.493. The second kappa shape index (κ2) is 1.96. The lowest BCUT2D eigenvalue weighted by atomic mass is 9.99. The largest absolute Gasteiger partial charge is 0.310 e. The average Bonchev–Trinajstić information content (AvgIpc) is 2.35. The van der Waals surface area contributed by atoms with Crippen LogP contribution in [0.2, 0.25) is 0 Å². The van der Waals surface area contributed by atoms with Gasteiger partial charge in [0.2, 0.25) is 0 Å². The van der Waals surface area contributed by atoms with Crippen molar-refractivity contribution in [2.45, 2.75) is 19.3 Å². The third kappa shape index (κ3) is 0.775. The smallest absolute Gasteiger partial charge is 0.102 e. The van der Waals surface area contributed by atoms with Gasteiger partial charge >= 0.3 is 0 Å². The molecule has 0 amide bonds. The van der Waals surface area contributed by atoms with E-state index in [-0.39, 0.29) is 0 Å². The highest BCUT2D eigenvalue weighted by atomic mass is 15.1. The number of nitrogens with one attached hydrogen (secondary N) is 1. The van der Waals surface area contributed by atoms with Crippen LogP contribution in [0.4, 0.5) is 0 Å². The second-order valence-corrected chi connectivity index (χ2v) is 3.13. The van der Waals surface area contributed by atoms with Crippen molar-refractivity contribution in [3.63, 3.8) is 0 Å². The molecule has 3 N–H and O–H groups in total. The molecule has 1 radical (unpaired) electrons. The molecule has 1 saturated carbocycles. The molecule has 0 aromatic carbocycles. The molecule has 9 heavy (non-hydrogen) atoms. The van der Waals surface area contributed by atoms with Gasteiger partial charge < -0.3 is 5.73 Å². The summed E-state index contributed by atoms with van der Waals surface area (Å²) in [6.07, 6.45) is 5.15. The zero-order valence-electron chi connectivity index (χ0n) is 5.56. The summed E-state index contributed by atoms with van der Waals surface area (Å²) in [6, 6.07) is 0. The average molecular weight is 125 g/mol. The third-order valence-electron chi connectivity index (χ3n) is 2.63. The van der Waals surface area contributed by atoms with Gasteiger partial charge in [-0.05, 0) is 24.7 Å². The van der Waals surface area contributed by atoms with Crippen molar-refractivity contribution in [3.8, 4) is 0 Å². The standard InChI is InChI=1S/C7H13N2/c8-7-6-3-1-2-5(6)4-9-7/h5-6,9H,1-4,8H2. The lowest BCUT2D eigenvalue weighted by molar-refractivity contribution is 0.489. The number of fused-ring (bicyclic) bond motifs is 1. The van der Waals surface area contributed by atoms with Crippen LogP contribution in [0.5, 0.6) is 0 Å². The van der Waals surface area contributed by atoms with Crippen LogP contribution in [-0.2, 0) is 0 Å². The van der Waals surface area contributed by atoms with E-state index in [0.29, 0.717) is 0 Å². The molecule has 1 saturated heterocycles. The van der Waals surface area contributed by atoms with Crippen molar-refractivity contribution in [1.29, 1.82) is 0 Å². The Bertz CT molecular complexity index is 113. The Kier molecular flexibility index (Phi) is 1.24. The van der Waals surface area contributed by atoms with Gasteiger partial charge in [0.15, 0.2) is 0 Å². The van der Waals surface area contributed by atoms with Crippen LogP contribution in [0.3, 0.4) is 0 Å². The molecule has 1 aliphatic carbocycles. The Hall–Kier alpha value is -0.0800. The summed E-state index contributed by atoms with van der Waals surface area (Å²) in [5.41, 5.74) is 5.73. The molecule has 51 valence electrons. The van der Waals surface area contributed by atoms with E-state index in [4.69, 9.17) is 5.73 Å². The minimum absolute atomic E-state index is 0.727. The first kappa shape index (κ1) is 5.69. The van der Waals surface area contributed by atoms with Crippen molar-refractivity contribution in [1.82, 2.24) is 5.32 Å². The summed E-state index contributed by atoms with van der Waals surface area (Å²) in [7, 11) is 0. The van der Waals surface area contributed by atoms with E-state index < -0.39 is 0 Å². The van der Waals surface area contributed by atoms with Gasteiger partial charge in [-0.15, -0.1) is 0 Å². The maximum absolute atomic E-state index is 5.73. The molecule has 2 fully saturated rings.